The van der Waals surface area contributed by atoms with E-state index in [-0.39, 0.29) is 23.8 Å². The Balaban J connectivity index is 1.60. The molecule has 0 amide bonds. The van der Waals surface area contributed by atoms with Crippen LogP contribution in [0.15, 0.2) is 12.2 Å². The highest BCUT2D eigenvalue weighted by Crippen LogP contribution is 2.32. The van der Waals surface area contributed by atoms with Gasteiger partial charge in [-0.05, 0) is 44.4 Å². The van der Waals surface area contributed by atoms with Crippen molar-refractivity contribution in [1.82, 2.24) is 0 Å². The normalized spacial score (nSPS) is 23.8. The third-order valence-corrected chi connectivity index (χ3v) is 6.70. The molecule has 2 aliphatic carbocycles. The number of ether oxygens (including phenoxy) is 2. The van der Waals surface area contributed by atoms with E-state index >= 15 is 0 Å². The molecule has 0 aromatic rings. The second-order valence-electron chi connectivity index (χ2n) is 9.27. The quantitative estimate of drug-likeness (QED) is 0.177. The molecule has 30 heavy (non-hydrogen) atoms. The van der Waals surface area contributed by atoms with Gasteiger partial charge in [0.05, 0.1) is 25.0 Å². The van der Waals surface area contributed by atoms with Crippen LogP contribution >= 0.6 is 0 Å². The first-order valence-electron chi connectivity index (χ1n) is 12.7. The zero-order valence-corrected chi connectivity index (χ0v) is 19.2. The third kappa shape index (κ3) is 9.66. The van der Waals surface area contributed by atoms with Gasteiger partial charge in [-0.2, -0.15) is 0 Å². The molecule has 0 aromatic heterocycles. The van der Waals surface area contributed by atoms with Crippen molar-refractivity contribution in [2.45, 2.75) is 110 Å². The summed E-state index contributed by atoms with van der Waals surface area (Å²) < 4.78 is 11.2. The summed E-state index contributed by atoms with van der Waals surface area (Å²) in [6, 6.07) is 0. The SMILES string of the molecule is CCCCCCCCCCCOC(=O)C1CCCCC1C(=O)OCC1CC=CCC1. The number of esters is 2. The van der Waals surface area contributed by atoms with Gasteiger partial charge in [-0.1, -0.05) is 83.3 Å². The van der Waals surface area contributed by atoms with E-state index in [1.165, 1.54) is 44.9 Å². The van der Waals surface area contributed by atoms with E-state index < -0.39 is 0 Å². The van der Waals surface area contributed by atoms with Crippen LogP contribution in [-0.2, 0) is 19.1 Å². The Morgan fingerprint density at radius 2 is 1.37 bits per heavy atom. The lowest BCUT2D eigenvalue weighted by Crippen LogP contribution is -2.35. The van der Waals surface area contributed by atoms with Crippen molar-refractivity contribution >= 4 is 11.9 Å². The molecule has 4 nitrogen and oxygen atoms in total. The van der Waals surface area contributed by atoms with Gasteiger partial charge >= 0.3 is 11.9 Å². The van der Waals surface area contributed by atoms with Crippen molar-refractivity contribution < 1.29 is 19.1 Å². The fraction of sp³-hybridized carbons (Fsp3) is 0.846. The van der Waals surface area contributed by atoms with Crippen molar-refractivity contribution in [3.63, 3.8) is 0 Å². The zero-order valence-electron chi connectivity index (χ0n) is 19.2. The first kappa shape index (κ1) is 24.9. The van der Waals surface area contributed by atoms with Gasteiger partial charge in [0.15, 0.2) is 0 Å². The topological polar surface area (TPSA) is 52.6 Å². The summed E-state index contributed by atoms with van der Waals surface area (Å²) in [6.07, 6.45) is 22.2. The molecule has 0 heterocycles. The first-order chi connectivity index (χ1) is 14.7. The number of carbonyl (C=O) groups is 2. The highest BCUT2D eigenvalue weighted by molar-refractivity contribution is 5.82. The predicted molar refractivity (Wildman–Crippen MR) is 121 cm³/mol. The fourth-order valence-electron chi connectivity index (χ4n) is 4.70. The average Bonchev–Trinajstić information content (AvgIpc) is 2.79. The first-order valence-corrected chi connectivity index (χ1v) is 12.7. The second-order valence-corrected chi connectivity index (χ2v) is 9.27. The maximum Gasteiger partial charge on any atom is 0.309 e. The van der Waals surface area contributed by atoms with E-state index in [0.717, 1.165) is 57.8 Å². The Hall–Kier alpha value is -1.32. The minimum absolute atomic E-state index is 0.184. The molecule has 2 rings (SSSR count). The lowest BCUT2D eigenvalue weighted by molar-refractivity contribution is -0.163. The van der Waals surface area contributed by atoms with Gasteiger partial charge in [0, 0.05) is 0 Å². The van der Waals surface area contributed by atoms with Crippen LogP contribution in [0.1, 0.15) is 110 Å². The molecule has 4 heteroatoms. The molecular weight excluding hydrogens is 376 g/mol. The van der Waals surface area contributed by atoms with Crippen molar-refractivity contribution in [3.8, 4) is 0 Å². The summed E-state index contributed by atoms with van der Waals surface area (Å²) in [6.45, 7) is 3.22. The maximum atomic E-state index is 12.7. The lowest BCUT2D eigenvalue weighted by atomic mass is 9.79. The van der Waals surface area contributed by atoms with E-state index in [1.54, 1.807) is 0 Å². The van der Waals surface area contributed by atoms with Gasteiger partial charge in [0.1, 0.15) is 0 Å². The third-order valence-electron chi connectivity index (χ3n) is 6.70. The molecule has 0 aromatic carbocycles. The molecule has 1 saturated carbocycles. The molecule has 0 spiro atoms. The molecule has 1 fully saturated rings. The van der Waals surface area contributed by atoms with Gasteiger partial charge in [-0.25, -0.2) is 0 Å². The largest absolute Gasteiger partial charge is 0.465 e. The Morgan fingerprint density at radius 3 is 1.97 bits per heavy atom. The standard InChI is InChI=1S/C26H44O4/c1-2-3-4-5-6-7-8-9-15-20-29-25(27)23-18-13-14-19-24(23)26(28)30-21-22-16-11-10-12-17-22/h10-11,22-24H,2-9,12-21H2,1H3. The Labute approximate surface area is 184 Å². The van der Waals surface area contributed by atoms with E-state index in [1.807, 2.05) is 0 Å². The van der Waals surface area contributed by atoms with Crippen LogP contribution in [0.3, 0.4) is 0 Å². The van der Waals surface area contributed by atoms with Crippen LogP contribution < -0.4 is 0 Å². The van der Waals surface area contributed by atoms with Crippen molar-refractivity contribution in [1.29, 1.82) is 0 Å². The van der Waals surface area contributed by atoms with Crippen LogP contribution in [-0.4, -0.2) is 25.2 Å². The number of hydrogen-bond acceptors (Lipinski definition) is 4. The Kier molecular flexibility index (Phi) is 12.9. The van der Waals surface area contributed by atoms with Gasteiger partial charge in [-0.3, -0.25) is 9.59 Å². The second kappa shape index (κ2) is 15.5. The van der Waals surface area contributed by atoms with Gasteiger partial charge < -0.3 is 9.47 Å². The molecule has 172 valence electrons. The molecule has 0 N–H and O–H groups in total. The summed E-state index contributed by atoms with van der Waals surface area (Å²) in [7, 11) is 0. The summed E-state index contributed by atoms with van der Waals surface area (Å²) >= 11 is 0. The number of hydrogen-bond donors (Lipinski definition) is 0. The number of rotatable bonds is 14. The van der Waals surface area contributed by atoms with Gasteiger partial charge in [0.25, 0.3) is 0 Å². The molecule has 3 atom stereocenters. The summed E-state index contributed by atoms with van der Waals surface area (Å²) in [5, 5.41) is 0. The molecule has 0 aliphatic heterocycles. The number of unbranched alkanes of at least 4 members (excludes halogenated alkanes) is 8. The fourth-order valence-corrected chi connectivity index (χ4v) is 4.70. The Morgan fingerprint density at radius 1 is 0.767 bits per heavy atom. The van der Waals surface area contributed by atoms with Gasteiger partial charge in [0.2, 0.25) is 0 Å². The minimum Gasteiger partial charge on any atom is -0.465 e. The zero-order chi connectivity index (χ0) is 21.4. The molecule has 0 bridgehead atoms. The van der Waals surface area contributed by atoms with E-state index in [4.69, 9.17) is 9.47 Å². The summed E-state index contributed by atoms with van der Waals surface area (Å²) in [4.78, 5) is 25.3. The smallest absolute Gasteiger partial charge is 0.309 e. The predicted octanol–water partition coefficient (Wildman–Crippen LogP) is 6.77. The highest BCUT2D eigenvalue weighted by atomic mass is 16.5. The molecule has 0 radical (unpaired) electrons. The minimum atomic E-state index is -0.312. The van der Waals surface area contributed by atoms with Crippen LogP contribution in [0.2, 0.25) is 0 Å². The highest BCUT2D eigenvalue weighted by Gasteiger charge is 2.38. The van der Waals surface area contributed by atoms with Crippen molar-refractivity contribution in [2.75, 3.05) is 13.2 Å². The number of allylic oxidation sites excluding steroid dienone is 2. The Bertz CT molecular complexity index is 513. The summed E-state index contributed by atoms with van der Waals surface area (Å²) in [5.74, 6) is -0.560. The van der Waals surface area contributed by atoms with Crippen LogP contribution in [0, 0.1) is 17.8 Å². The van der Waals surface area contributed by atoms with Crippen molar-refractivity contribution in [2.24, 2.45) is 17.8 Å². The van der Waals surface area contributed by atoms with Crippen molar-refractivity contribution in [3.05, 3.63) is 12.2 Å². The number of carbonyl (C=O) groups excluding carboxylic acids is 2. The molecule has 0 saturated heterocycles. The molecule has 2 aliphatic rings. The van der Waals surface area contributed by atoms with Crippen LogP contribution in [0.4, 0.5) is 0 Å². The molecule has 3 unspecified atom stereocenters. The van der Waals surface area contributed by atoms with E-state index in [0.29, 0.717) is 19.1 Å². The average molecular weight is 421 g/mol. The van der Waals surface area contributed by atoms with E-state index in [9.17, 15) is 9.59 Å². The van der Waals surface area contributed by atoms with E-state index in [2.05, 4.69) is 19.1 Å². The lowest BCUT2D eigenvalue weighted by Gasteiger charge is -2.29. The van der Waals surface area contributed by atoms with Crippen LogP contribution in [0.5, 0.6) is 0 Å². The maximum absolute atomic E-state index is 12.7. The monoisotopic (exact) mass is 420 g/mol. The summed E-state index contributed by atoms with van der Waals surface area (Å²) in [5.41, 5.74) is 0. The van der Waals surface area contributed by atoms with Crippen LogP contribution in [0.25, 0.3) is 0 Å². The molecular formula is C26H44O4. The van der Waals surface area contributed by atoms with Gasteiger partial charge in [-0.15, -0.1) is 0 Å².